The van der Waals surface area contributed by atoms with Crippen molar-refractivity contribution in [3.63, 3.8) is 0 Å². The highest BCUT2D eigenvalue weighted by molar-refractivity contribution is 7.91. The highest BCUT2D eigenvalue weighted by atomic mass is 32.2. The van der Waals surface area contributed by atoms with Crippen molar-refractivity contribution in [2.45, 2.75) is 11.3 Å². The van der Waals surface area contributed by atoms with Gasteiger partial charge in [0.2, 0.25) is 0 Å². The van der Waals surface area contributed by atoms with Gasteiger partial charge in [-0.25, -0.2) is 8.42 Å². The maximum Gasteiger partial charge on any atom is 0.261 e. The minimum absolute atomic E-state index is 0.0681. The number of furan rings is 1. The number of aryl methyl sites for hydroxylation is 1. The van der Waals surface area contributed by atoms with Crippen LogP contribution in [0.4, 0.5) is 0 Å². The fraction of sp³-hybridized carbons (Fsp3) is 0.143. The topological polar surface area (TPSA) is 86.2 Å². The second-order valence-electron chi connectivity index (χ2n) is 4.41. The number of hydrogen-bond donors (Lipinski definition) is 0. The van der Waals surface area contributed by atoms with Gasteiger partial charge in [0, 0.05) is 6.42 Å². The summed E-state index contributed by atoms with van der Waals surface area (Å²) in [6.07, 6.45) is 3.18. The molecule has 7 heteroatoms. The average molecular weight is 304 g/mol. The molecule has 0 unspecified atom stereocenters. The highest BCUT2D eigenvalue weighted by Crippen LogP contribution is 2.18. The molecule has 6 nitrogen and oxygen atoms in total. The van der Waals surface area contributed by atoms with Gasteiger partial charge in [-0.15, -0.1) is 0 Å². The van der Waals surface area contributed by atoms with E-state index in [4.69, 9.17) is 8.94 Å². The van der Waals surface area contributed by atoms with Crippen LogP contribution in [0.25, 0.3) is 11.5 Å². The first-order chi connectivity index (χ1) is 10.1. The zero-order chi connectivity index (χ0) is 14.7. The Kier molecular flexibility index (Phi) is 3.57. The minimum atomic E-state index is -3.34. The molecular formula is C14H12N2O4S. The van der Waals surface area contributed by atoms with Crippen molar-refractivity contribution in [1.29, 1.82) is 0 Å². The maximum absolute atomic E-state index is 12.1. The van der Waals surface area contributed by atoms with Crippen LogP contribution in [0, 0.1) is 0 Å². The van der Waals surface area contributed by atoms with Gasteiger partial charge in [-0.3, -0.25) is 0 Å². The third-order valence-corrected chi connectivity index (χ3v) is 4.66. The van der Waals surface area contributed by atoms with Crippen molar-refractivity contribution < 1.29 is 17.4 Å². The molecule has 3 rings (SSSR count). The molecule has 0 bridgehead atoms. The van der Waals surface area contributed by atoms with Gasteiger partial charge in [0.25, 0.3) is 5.89 Å². The summed E-state index contributed by atoms with van der Waals surface area (Å²) in [5, 5.41) is 3.78. The lowest BCUT2D eigenvalue weighted by molar-refractivity contribution is 0.422. The number of aromatic nitrogens is 2. The Labute approximate surface area is 121 Å². The molecule has 0 aliphatic carbocycles. The van der Waals surface area contributed by atoms with Gasteiger partial charge < -0.3 is 8.94 Å². The van der Waals surface area contributed by atoms with E-state index in [1.807, 2.05) is 0 Å². The zero-order valence-corrected chi connectivity index (χ0v) is 11.8. The lowest BCUT2D eigenvalue weighted by Crippen LogP contribution is -2.09. The van der Waals surface area contributed by atoms with Crippen LogP contribution in [0.3, 0.4) is 0 Å². The predicted molar refractivity (Wildman–Crippen MR) is 74.2 cm³/mol. The van der Waals surface area contributed by atoms with E-state index in [1.54, 1.807) is 36.4 Å². The molecule has 2 heterocycles. The molecule has 21 heavy (non-hydrogen) atoms. The summed E-state index contributed by atoms with van der Waals surface area (Å²) < 4.78 is 34.3. The maximum atomic E-state index is 12.1. The summed E-state index contributed by atoms with van der Waals surface area (Å²) in [6, 6.07) is 9.99. The summed E-state index contributed by atoms with van der Waals surface area (Å²) >= 11 is 0. The van der Waals surface area contributed by atoms with E-state index < -0.39 is 9.84 Å². The molecule has 0 saturated heterocycles. The predicted octanol–water partition coefficient (Wildman–Crippen LogP) is 2.35. The standard InChI is InChI=1S/C14H12N2O4S/c17-21(18,12-4-2-1-3-5-12)9-7-13-15-14(20-16-13)11-6-8-19-10-11/h1-6,8,10H,7,9H2. The van der Waals surface area contributed by atoms with E-state index in [0.29, 0.717) is 22.2 Å². The van der Waals surface area contributed by atoms with Crippen LogP contribution >= 0.6 is 0 Å². The normalized spacial score (nSPS) is 11.6. The summed E-state index contributed by atoms with van der Waals surface area (Å²) in [7, 11) is -3.34. The fourth-order valence-electron chi connectivity index (χ4n) is 1.83. The molecule has 0 radical (unpaired) electrons. The summed E-state index contributed by atoms with van der Waals surface area (Å²) in [5.74, 6) is 0.600. The largest absolute Gasteiger partial charge is 0.472 e. The molecule has 0 fully saturated rings. The lowest BCUT2D eigenvalue weighted by Gasteiger charge is -2.01. The third kappa shape index (κ3) is 3.03. The second-order valence-corrected chi connectivity index (χ2v) is 6.52. The van der Waals surface area contributed by atoms with Crippen molar-refractivity contribution in [3.05, 3.63) is 54.7 Å². The van der Waals surface area contributed by atoms with Crippen molar-refractivity contribution in [2.75, 3.05) is 5.75 Å². The molecule has 2 aromatic heterocycles. The average Bonchev–Trinajstić information content (AvgIpc) is 3.17. The van der Waals surface area contributed by atoms with Gasteiger partial charge in [0.05, 0.1) is 22.5 Å². The van der Waals surface area contributed by atoms with E-state index in [2.05, 4.69) is 10.1 Å². The van der Waals surface area contributed by atoms with Crippen LogP contribution in [0.5, 0.6) is 0 Å². The first-order valence-corrected chi connectivity index (χ1v) is 7.93. The molecule has 108 valence electrons. The first-order valence-electron chi connectivity index (χ1n) is 6.28. The fourth-order valence-corrected chi connectivity index (χ4v) is 3.09. The number of hydrogen-bond acceptors (Lipinski definition) is 6. The Bertz CT molecular complexity index is 808. The van der Waals surface area contributed by atoms with Crippen LogP contribution in [0.1, 0.15) is 5.82 Å². The Morgan fingerprint density at radius 3 is 2.62 bits per heavy atom. The van der Waals surface area contributed by atoms with E-state index in [0.717, 1.165) is 0 Å². The Morgan fingerprint density at radius 1 is 1.10 bits per heavy atom. The third-order valence-electron chi connectivity index (χ3n) is 2.93. The molecule has 0 saturated carbocycles. The monoisotopic (exact) mass is 304 g/mol. The number of benzene rings is 1. The van der Waals surface area contributed by atoms with Crippen LogP contribution in [0.2, 0.25) is 0 Å². The van der Waals surface area contributed by atoms with Gasteiger partial charge >= 0.3 is 0 Å². The number of nitrogens with zero attached hydrogens (tertiary/aromatic N) is 2. The molecule has 0 amide bonds. The SMILES string of the molecule is O=S(=O)(CCc1noc(-c2ccoc2)n1)c1ccccc1. The summed E-state index contributed by atoms with van der Waals surface area (Å²) in [5.41, 5.74) is 0.666. The van der Waals surface area contributed by atoms with Crippen LogP contribution in [-0.4, -0.2) is 24.3 Å². The van der Waals surface area contributed by atoms with E-state index in [1.165, 1.54) is 12.5 Å². The van der Waals surface area contributed by atoms with E-state index in [-0.39, 0.29) is 12.2 Å². The summed E-state index contributed by atoms with van der Waals surface area (Å²) in [4.78, 5) is 4.44. The van der Waals surface area contributed by atoms with E-state index >= 15 is 0 Å². The Morgan fingerprint density at radius 2 is 1.90 bits per heavy atom. The van der Waals surface area contributed by atoms with Gasteiger partial charge in [-0.1, -0.05) is 23.4 Å². The molecule has 0 atom stereocenters. The van der Waals surface area contributed by atoms with Crippen molar-refractivity contribution in [2.24, 2.45) is 0 Å². The van der Waals surface area contributed by atoms with E-state index in [9.17, 15) is 8.42 Å². The summed E-state index contributed by atoms with van der Waals surface area (Å²) in [6.45, 7) is 0. The number of rotatable bonds is 5. The van der Waals surface area contributed by atoms with Gasteiger partial charge in [0.15, 0.2) is 15.7 Å². The van der Waals surface area contributed by atoms with Crippen LogP contribution < -0.4 is 0 Å². The number of sulfone groups is 1. The van der Waals surface area contributed by atoms with Gasteiger partial charge in [0.1, 0.15) is 6.26 Å². The van der Waals surface area contributed by atoms with Gasteiger partial charge in [-0.05, 0) is 18.2 Å². The van der Waals surface area contributed by atoms with Crippen molar-refractivity contribution >= 4 is 9.84 Å². The molecule has 0 aliphatic rings. The zero-order valence-electron chi connectivity index (χ0n) is 11.0. The van der Waals surface area contributed by atoms with Crippen molar-refractivity contribution in [3.8, 4) is 11.5 Å². The molecule has 0 spiro atoms. The lowest BCUT2D eigenvalue weighted by atomic mass is 10.3. The quantitative estimate of drug-likeness (QED) is 0.719. The molecule has 0 N–H and O–H groups in total. The van der Waals surface area contributed by atoms with Crippen LogP contribution in [-0.2, 0) is 16.3 Å². The molecule has 3 aromatic rings. The first kappa shape index (κ1) is 13.6. The molecule has 1 aromatic carbocycles. The van der Waals surface area contributed by atoms with Crippen LogP contribution in [0.15, 0.2) is 62.8 Å². The second kappa shape index (κ2) is 5.53. The van der Waals surface area contributed by atoms with Crippen molar-refractivity contribution in [1.82, 2.24) is 10.1 Å². The Balaban J connectivity index is 1.71. The Hall–Kier alpha value is -2.41. The smallest absolute Gasteiger partial charge is 0.261 e. The highest BCUT2D eigenvalue weighted by Gasteiger charge is 2.16. The minimum Gasteiger partial charge on any atom is -0.472 e. The molecular weight excluding hydrogens is 292 g/mol. The van der Waals surface area contributed by atoms with Gasteiger partial charge in [-0.2, -0.15) is 4.98 Å². The molecule has 0 aliphatic heterocycles.